The fraction of sp³-hybridized carbons (Fsp3) is 0.364. The second-order valence-electron chi connectivity index (χ2n) is 7.83. The van der Waals surface area contributed by atoms with Crippen molar-refractivity contribution in [3.63, 3.8) is 0 Å². The minimum atomic E-state index is -0.315. The minimum Gasteiger partial charge on any atom is -0.497 e. The molecule has 1 aliphatic rings. The monoisotopic (exact) mass is 394 g/mol. The van der Waals surface area contributed by atoms with Crippen LogP contribution in [0.5, 0.6) is 11.5 Å². The van der Waals surface area contributed by atoms with E-state index < -0.39 is 0 Å². The summed E-state index contributed by atoms with van der Waals surface area (Å²) in [5.41, 5.74) is 3.16. The molecule has 0 fully saturated rings. The van der Waals surface area contributed by atoms with Crippen LogP contribution in [0.2, 0.25) is 0 Å². The zero-order chi connectivity index (χ0) is 20.6. The molecule has 3 aromatic rings. The van der Waals surface area contributed by atoms with E-state index in [4.69, 9.17) is 14.5 Å². The lowest BCUT2D eigenvalue weighted by Gasteiger charge is -2.39. The van der Waals surface area contributed by atoms with Crippen molar-refractivity contribution in [1.82, 2.24) is 14.5 Å². The van der Waals surface area contributed by atoms with Crippen LogP contribution in [0.25, 0.3) is 11.0 Å². The average molecular weight is 394 g/mol. The Morgan fingerprint density at radius 3 is 2.76 bits per heavy atom. The third kappa shape index (κ3) is 3.42. The maximum absolute atomic E-state index is 11.3. The van der Waals surface area contributed by atoms with Gasteiger partial charge in [-0.2, -0.15) is 0 Å². The molecule has 1 unspecified atom stereocenters. The van der Waals surface area contributed by atoms with Crippen molar-refractivity contribution in [1.29, 1.82) is 0 Å². The topological polar surface area (TPSA) is 68.6 Å². The molecule has 29 heavy (non-hydrogen) atoms. The lowest BCUT2D eigenvalue weighted by atomic mass is 9.99. The first-order valence-electron chi connectivity index (χ1n) is 9.61. The molecule has 1 N–H and O–H groups in total. The van der Waals surface area contributed by atoms with Crippen LogP contribution in [0, 0.1) is 0 Å². The van der Waals surface area contributed by atoms with Crippen LogP contribution in [0.1, 0.15) is 22.8 Å². The quantitative estimate of drug-likeness (QED) is 0.621. The minimum absolute atomic E-state index is 0.315. The molecule has 0 radical (unpaired) electrons. The summed E-state index contributed by atoms with van der Waals surface area (Å²) in [6.45, 7) is 4.25. The number of carbonyl (C=O) groups is 1. The van der Waals surface area contributed by atoms with Gasteiger partial charge >= 0.3 is 0 Å². The zero-order valence-electron chi connectivity index (χ0n) is 17.2. The Kier molecular flexibility index (Phi) is 4.92. The Hall–Kier alpha value is -3.06. The van der Waals surface area contributed by atoms with Gasteiger partial charge in [-0.15, -0.1) is 0 Å². The molecule has 1 atom stereocenters. The zero-order valence-corrected chi connectivity index (χ0v) is 17.2. The van der Waals surface area contributed by atoms with Crippen LogP contribution in [0.15, 0.2) is 36.4 Å². The van der Waals surface area contributed by atoms with Gasteiger partial charge in [0.05, 0.1) is 18.2 Å². The van der Waals surface area contributed by atoms with Gasteiger partial charge in [0.15, 0.2) is 0 Å². The fourth-order valence-electron chi connectivity index (χ4n) is 4.16. The Labute approximate surface area is 170 Å². The third-order valence-corrected chi connectivity index (χ3v) is 5.40. The predicted octanol–water partition coefficient (Wildman–Crippen LogP) is 3.14. The molecular weight excluding hydrogens is 368 g/mol. The molecule has 1 aliphatic heterocycles. The van der Waals surface area contributed by atoms with Crippen LogP contribution in [0.4, 0.5) is 5.95 Å². The summed E-state index contributed by atoms with van der Waals surface area (Å²) in [4.78, 5) is 18.2. The molecule has 4 rings (SSSR count). The highest BCUT2D eigenvalue weighted by Gasteiger charge is 2.37. The van der Waals surface area contributed by atoms with Gasteiger partial charge in [0.25, 0.3) is 0 Å². The van der Waals surface area contributed by atoms with Gasteiger partial charge in [-0.25, -0.2) is 4.98 Å². The van der Waals surface area contributed by atoms with E-state index in [0.29, 0.717) is 17.9 Å². The number of nitrogens with zero attached hydrogens (tertiary/aromatic N) is 3. The number of hydrogen-bond donors (Lipinski definition) is 1. The third-order valence-electron chi connectivity index (χ3n) is 5.40. The fourth-order valence-corrected chi connectivity index (χ4v) is 4.16. The van der Waals surface area contributed by atoms with Gasteiger partial charge in [-0.1, -0.05) is 12.1 Å². The highest BCUT2D eigenvalue weighted by molar-refractivity contribution is 5.91. The first kappa shape index (κ1) is 19.3. The lowest BCUT2D eigenvalue weighted by Crippen LogP contribution is -2.48. The average Bonchev–Trinajstić information content (AvgIpc) is 3.11. The molecule has 0 aliphatic carbocycles. The number of anilines is 1. The number of likely N-dealkylation sites (N-methyl/N-ethyl adjacent to an activating group) is 1. The second kappa shape index (κ2) is 7.40. The standard InChI is InChI=1S/C22H26N4O3/c1-22(13-25(3)11-15-5-7-17(28-4)8-6-15)14-29-19-10-16(12-27)9-18-20(19)26(22)21(23-2)24-18/h5-10,12H,11,13-14H2,1-4H3,(H,23,24). The van der Waals surface area contributed by atoms with Crippen LogP contribution < -0.4 is 14.8 Å². The van der Waals surface area contributed by atoms with Crippen molar-refractivity contribution in [3.05, 3.63) is 47.5 Å². The summed E-state index contributed by atoms with van der Waals surface area (Å²) in [5, 5.41) is 3.20. The molecule has 0 saturated carbocycles. The van der Waals surface area contributed by atoms with Crippen molar-refractivity contribution in [2.75, 3.05) is 39.7 Å². The van der Waals surface area contributed by atoms with Crippen LogP contribution in [0.3, 0.4) is 0 Å². The van der Waals surface area contributed by atoms with E-state index >= 15 is 0 Å². The summed E-state index contributed by atoms with van der Waals surface area (Å²) < 4.78 is 13.6. The molecule has 7 heteroatoms. The first-order valence-corrected chi connectivity index (χ1v) is 9.61. The summed E-state index contributed by atoms with van der Waals surface area (Å²) in [5.74, 6) is 2.33. The Morgan fingerprint density at radius 2 is 2.10 bits per heavy atom. The molecule has 7 nitrogen and oxygen atoms in total. The van der Waals surface area contributed by atoms with E-state index in [9.17, 15) is 4.79 Å². The first-order chi connectivity index (χ1) is 14.0. The second-order valence-corrected chi connectivity index (χ2v) is 7.83. The van der Waals surface area contributed by atoms with Gasteiger partial charge in [0, 0.05) is 25.7 Å². The maximum Gasteiger partial charge on any atom is 0.204 e. The summed E-state index contributed by atoms with van der Waals surface area (Å²) in [6.07, 6.45) is 0.827. The van der Waals surface area contributed by atoms with Crippen molar-refractivity contribution >= 4 is 23.3 Å². The Morgan fingerprint density at radius 1 is 1.34 bits per heavy atom. The smallest absolute Gasteiger partial charge is 0.204 e. The molecule has 0 spiro atoms. The number of nitrogens with one attached hydrogen (secondary N) is 1. The molecule has 152 valence electrons. The lowest BCUT2D eigenvalue weighted by molar-refractivity contribution is 0.109. The van der Waals surface area contributed by atoms with Crippen LogP contribution >= 0.6 is 0 Å². The number of carbonyl (C=O) groups excluding carboxylic acids is 1. The van der Waals surface area contributed by atoms with E-state index in [2.05, 4.69) is 40.9 Å². The van der Waals surface area contributed by atoms with Gasteiger partial charge in [0.1, 0.15) is 29.9 Å². The number of aromatic nitrogens is 2. The molecule has 0 bridgehead atoms. The highest BCUT2D eigenvalue weighted by atomic mass is 16.5. The van der Waals surface area contributed by atoms with E-state index in [1.54, 1.807) is 19.2 Å². The molecule has 0 amide bonds. The molecular formula is C22H26N4O3. The number of hydrogen-bond acceptors (Lipinski definition) is 6. The number of methoxy groups -OCH3 is 1. The van der Waals surface area contributed by atoms with Crippen molar-refractivity contribution < 1.29 is 14.3 Å². The summed E-state index contributed by atoms with van der Waals surface area (Å²) in [7, 11) is 5.64. The van der Waals surface area contributed by atoms with E-state index in [1.807, 2.05) is 19.2 Å². The summed E-state index contributed by atoms with van der Waals surface area (Å²) in [6, 6.07) is 11.7. The molecule has 1 aromatic heterocycles. The van der Waals surface area contributed by atoms with Crippen LogP contribution in [-0.4, -0.2) is 55.1 Å². The molecule has 2 aromatic carbocycles. The number of aldehydes is 1. The van der Waals surface area contributed by atoms with Gasteiger partial charge < -0.3 is 14.8 Å². The highest BCUT2D eigenvalue weighted by Crippen LogP contribution is 2.39. The normalized spacial score (nSPS) is 18.0. The van der Waals surface area contributed by atoms with Crippen molar-refractivity contribution in [3.8, 4) is 11.5 Å². The van der Waals surface area contributed by atoms with Crippen LogP contribution in [-0.2, 0) is 12.1 Å². The van der Waals surface area contributed by atoms with E-state index in [1.165, 1.54) is 5.56 Å². The van der Waals surface area contributed by atoms with E-state index in [-0.39, 0.29) is 5.54 Å². The Balaban J connectivity index is 1.65. The number of imidazole rings is 1. The largest absolute Gasteiger partial charge is 0.497 e. The number of ether oxygens (including phenoxy) is 2. The predicted molar refractivity (Wildman–Crippen MR) is 113 cm³/mol. The van der Waals surface area contributed by atoms with Crippen molar-refractivity contribution in [2.24, 2.45) is 0 Å². The summed E-state index contributed by atoms with van der Waals surface area (Å²) >= 11 is 0. The number of rotatable bonds is 7. The molecule has 0 saturated heterocycles. The van der Waals surface area contributed by atoms with E-state index in [0.717, 1.165) is 42.1 Å². The SMILES string of the molecule is CNc1nc2cc(C=O)cc3c2n1C(C)(CN(C)Cc1ccc(OC)cc1)CO3. The van der Waals surface area contributed by atoms with Crippen molar-refractivity contribution in [2.45, 2.75) is 19.0 Å². The molecule has 2 heterocycles. The van der Waals surface area contributed by atoms with Gasteiger partial charge in [-0.3, -0.25) is 14.3 Å². The van der Waals surface area contributed by atoms with Gasteiger partial charge in [0.2, 0.25) is 5.95 Å². The number of benzene rings is 2. The Bertz CT molecular complexity index is 1040. The van der Waals surface area contributed by atoms with Gasteiger partial charge in [-0.05, 0) is 43.8 Å². The maximum atomic E-state index is 11.3.